The first-order chi connectivity index (χ1) is 13.4. The maximum absolute atomic E-state index is 12.9. The van der Waals surface area contributed by atoms with Crippen molar-refractivity contribution in [2.45, 2.75) is 13.0 Å². The molecule has 0 radical (unpaired) electrons. The Morgan fingerprint density at radius 1 is 1.00 bits per heavy atom. The van der Waals surface area contributed by atoms with Gasteiger partial charge in [-0.3, -0.25) is 4.79 Å². The Labute approximate surface area is 167 Å². The van der Waals surface area contributed by atoms with E-state index in [9.17, 15) is 14.7 Å². The zero-order valence-corrected chi connectivity index (χ0v) is 15.8. The number of hydrogen-bond donors (Lipinski definition) is 2. The SMILES string of the molecule is Cc1ccc(NC(=O)[C@H](OC(=O)c2ccc(O)cc2)c2ccccc2)cc1Cl. The molecule has 3 aromatic carbocycles. The summed E-state index contributed by atoms with van der Waals surface area (Å²) in [7, 11) is 0. The fraction of sp³-hybridized carbons (Fsp3) is 0.0909. The second-order valence-electron chi connectivity index (χ2n) is 6.20. The van der Waals surface area contributed by atoms with Gasteiger partial charge in [0.05, 0.1) is 5.56 Å². The molecule has 1 atom stereocenters. The van der Waals surface area contributed by atoms with Crippen LogP contribution in [0.1, 0.15) is 27.6 Å². The van der Waals surface area contributed by atoms with Crippen LogP contribution in [0.5, 0.6) is 5.75 Å². The largest absolute Gasteiger partial charge is 0.508 e. The lowest BCUT2D eigenvalue weighted by atomic mass is 10.1. The number of hydrogen-bond acceptors (Lipinski definition) is 4. The van der Waals surface area contributed by atoms with Crippen LogP contribution >= 0.6 is 11.6 Å². The predicted octanol–water partition coefficient (Wildman–Crippen LogP) is 4.89. The molecule has 0 aliphatic heterocycles. The van der Waals surface area contributed by atoms with Gasteiger partial charge in [-0.1, -0.05) is 48.0 Å². The summed E-state index contributed by atoms with van der Waals surface area (Å²) in [6.45, 7) is 1.86. The van der Waals surface area contributed by atoms with E-state index < -0.39 is 18.0 Å². The van der Waals surface area contributed by atoms with Crippen LogP contribution in [0.4, 0.5) is 5.69 Å². The molecule has 2 N–H and O–H groups in total. The van der Waals surface area contributed by atoms with E-state index >= 15 is 0 Å². The molecule has 0 saturated carbocycles. The van der Waals surface area contributed by atoms with E-state index in [0.717, 1.165) is 5.56 Å². The Balaban J connectivity index is 1.84. The van der Waals surface area contributed by atoms with Crippen molar-refractivity contribution in [3.05, 3.63) is 94.5 Å². The average Bonchev–Trinajstić information content (AvgIpc) is 2.70. The number of rotatable bonds is 5. The van der Waals surface area contributed by atoms with Crippen LogP contribution in [0.2, 0.25) is 5.02 Å². The summed E-state index contributed by atoms with van der Waals surface area (Å²) >= 11 is 6.11. The highest BCUT2D eigenvalue weighted by atomic mass is 35.5. The van der Waals surface area contributed by atoms with Crippen molar-refractivity contribution in [3.63, 3.8) is 0 Å². The van der Waals surface area contributed by atoms with Gasteiger partial charge < -0.3 is 15.2 Å². The summed E-state index contributed by atoms with van der Waals surface area (Å²) in [6, 6.07) is 19.5. The van der Waals surface area contributed by atoms with Crippen LogP contribution in [0.15, 0.2) is 72.8 Å². The lowest BCUT2D eigenvalue weighted by Gasteiger charge is -2.18. The number of carbonyl (C=O) groups excluding carboxylic acids is 2. The summed E-state index contributed by atoms with van der Waals surface area (Å²) in [5.74, 6) is -1.14. The third-order valence-electron chi connectivity index (χ3n) is 4.11. The molecule has 142 valence electrons. The molecule has 0 unspecified atom stereocenters. The van der Waals surface area contributed by atoms with Crippen LogP contribution in [0.25, 0.3) is 0 Å². The third-order valence-corrected chi connectivity index (χ3v) is 4.51. The van der Waals surface area contributed by atoms with Gasteiger partial charge in [0, 0.05) is 16.3 Å². The van der Waals surface area contributed by atoms with Gasteiger partial charge in [-0.05, 0) is 48.9 Å². The minimum atomic E-state index is -1.15. The van der Waals surface area contributed by atoms with Crippen molar-refractivity contribution in [2.24, 2.45) is 0 Å². The van der Waals surface area contributed by atoms with Crippen LogP contribution in [-0.4, -0.2) is 17.0 Å². The highest BCUT2D eigenvalue weighted by molar-refractivity contribution is 6.31. The number of aryl methyl sites for hydroxylation is 1. The maximum Gasteiger partial charge on any atom is 0.339 e. The highest BCUT2D eigenvalue weighted by Gasteiger charge is 2.26. The Morgan fingerprint density at radius 2 is 1.68 bits per heavy atom. The maximum atomic E-state index is 12.9. The third kappa shape index (κ3) is 4.69. The molecule has 0 bridgehead atoms. The molecule has 0 saturated heterocycles. The number of anilines is 1. The van der Waals surface area contributed by atoms with Gasteiger partial charge in [-0.2, -0.15) is 0 Å². The lowest BCUT2D eigenvalue weighted by molar-refractivity contribution is -0.125. The van der Waals surface area contributed by atoms with Gasteiger partial charge in [-0.15, -0.1) is 0 Å². The number of nitrogens with one attached hydrogen (secondary N) is 1. The van der Waals surface area contributed by atoms with Crippen LogP contribution < -0.4 is 5.32 Å². The molecule has 3 rings (SSSR count). The fourth-order valence-electron chi connectivity index (χ4n) is 2.55. The first-order valence-electron chi connectivity index (χ1n) is 8.56. The first kappa shape index (κ1) is 19.5. The average molecular weight is 396 g/mol. The van der Waals surface area contributed by atoms with Crippen LogP contribution in [0, 0.1) is 6.92 Å². The molecule has 5 nitrogen and oxygen atoms in total. The second kappa shape index (κ2) is 8.59. The van der Waals surface area contributed by atoms with E-state index in [1.165, 1.54) is 24.3 Å². The van der Waals surface area contributed by atoms with Crippen LogP contribution in [0.3, 0.4) is 0 Å². The fourth-order valence-corrected chi connectivity index (χ4v) is 2.73. The van der Waals surface area contributed by atoms with Crippen molar-refractivity contribution in [1.82, 2.24) is 0 Å². The summed E-state index contributed by atoms with van der Waals surface area (Å²) in [4.78, 5) is 25.3. The number of aromatic hydroxyl groups is 1. The quantitative estimate of drug-likeness (QED) is 0.603. The molecular formula is C22H18ClNO4. The number of ether oxygens (including phenoxy) is 1. The van der Waals surface area contributed by atoms with Crippen LogP contribution in [-0.2, 0) is 9.53 Å². The van der Waals surface area contributed by atoms with Gasteiger partial charge in [0.15, 0.2) is 0 Å². The van der Waals surface area contributed by atoms with E-state index in [-0.39, 0.29) is 11.3 Å². The van der Waals surface area contributed by atoms with E-state index in [1.54, 1.807) is 48.5 Å². The van der Waals surface area contributed by atoms with Crippen molar-refractivity contribution in [3.8, 4) is 5.75 Å². The Bertz CT molecular complexity index is 987. The van der Waals surface area contributed by atoms with Crippen molar-refractivity contribution in [1.29, 1.82) is 0 Å². The molecule has 0 aliphatic rings. The number of amides is 1. The number of carbonyl (C=O) groups is 2. The minimum Gasteiger partial charge on any atom is -0.508 e. The van der Waals surface area contributed by atoms with Gasteiger partial charge in [0.25, 0.3) is 5.91 Å². The number of phenols is 1. The molecule has 0 fully saturated rings. The van der Waals surface area contributed by atoms with Crippen molar-refractivity contribution >= 4 is 29.2 Å². The Morgan fingerprint density at radius 3 is 2.32 bits per heavy atom. The smallest absolute Gasteiger partial charge is 0.339 e. The Kier molecular flexibility index (Phi) is 5.96. The second-order valence-corrected chi connectivity index (χ2v) is 6.60. The van der Waals surface area contributed by atoms with Gasteiger partial charge >= 0.3 is 5.97 Å². The first-order valence-corrected chi connectivity index (χ1v) is 8.94. The van der Waals surface area contributed by atoms with E-state index in [2.05, 4.69) is 5.32 Å². The molecular weight excluding hydrogens is 378 g/mol. The standard InChI is InChI=1S/C22H18ClNO4/c1-14-7-10-17(13-19(14)23)24-21(26)20(15-5-3-2-4-6-15)28-22(27)16-8-11-18(25)12-9-16/h2-13,20,25H,1H3,(H,24,26)/t20-/m1/s1. The van der Waals surface area contributed by atoms with Crippen molar-refractivity contribution in [2.75, 3.05) is 5.32 Å². The zero-order chi connectivity index (χ0) is 20.1. The molecule has 0 spiro atoms. The number of benzene rings is 3. The monoisotopic (exact) mass is 395 g/mol. The predicted molar refractivity (Wildman–Crippen MR) is 108 cm³/mol. The number of phenolic OH excluding ortho intramolecular Hbond substituents is 1. The van der Waals surface area contributed by atoms with E-state index in [4.69, 9.17) is 16.3 Å². The summed E-state index contributed by atoms with van der Waals surface area (Å²) in [5.41, 5.74) is 2.15. The van der Waals surface area contributed by atoms with Crippen molar-refractivity contribution < 1.29 is 19.4 Å². The topological polar surface area (TPSA) is 75.6 Å². The molecule has 3 aromatic rings. The molecule has 1 amide bonds. The van der Waals surface area contributed by atoms with Gasteiger partial charge in [0.1, 0.15) is 5.75 Å². The van der Waals surface area contributed by atoms with Gasteiger partial charge in [0.2, 0.25) is 6.10 Å². The summed E-state index contributed by atoms with van der Waals surface area (Å²) in [5, 5.41) is 12.6. The molecule has 0 aliphatic carbocycles. The minimum absolute atomic E-state index is 0.0325. The molecule has 0 heterocycles. The molecule has 6 heteroatoms. The summed E-state index contributed by atoms with van der Waals surface area (Å²) in [6.07, 6.45) is -1.15. The highest BCUT2D eigenvalue weighted by Crippen LogP contribution is 2.24. The van der Waals surface area contributed by atoms with E-state index in [1.807, 2.05) is 6.92 Å². The Hall–Kier alpha value is -3.31. The summed E-state index contributed by atoms with van der Waals surface area (Å²) < 4.78 is 5.48. The van der Waals surface area contributed by atoms with E-state index in [0.29, 0.717) is 16.3 Å². The zero-order valence-electron chi connectivity index (χ0n) is 15.1. The lowest BCUT2D eigenvalue weighted by Crippen LogP contribution is -2.26. The number of esters is 1. The number of halogens is 1. The normalized spacial score (nSPS) is 11.5. The van der Waals surface area contributed by atoms with Gasteiger partial charge in [-0.25, -0.2) is 4.79 Å². The molecule has 28 heavy (non-hydrogen) atoms. The molecule has 0 aromatic heterocycles.